The second-order valence-electron chi connectivity index (χ2n) is 8.15. The Morgan fingerprint density at radius 3 is 1.88 bits per heavy atom. The van der Waals surface area contributed by atoms with Crippen molar-refractivity contribution in [2.75, 3.05) is 13.2 Å². The maximum Gasteiger partial charge on any atom is 0.192 e. The van der Waals surface area contributed by atoms with Crippen molar-refractivity contribution in [2.45, 2.75) is 88.2 Å². The molecule has 0 spiro atoms. The average molecular weight is 360 g/mol. The Morgan fingerprint density at radius 2 is 1.32 bits per heavy atom. The van der Waals surface area contributed by atoms with Crippen LogP contribution in [-0.2, 0) is 15.3 Å². The van der Waals surface area contributed by atoms with E-state index in [1.807, 2.05) is 0 Å². The SMILES string of the molecule is CC1(c2ccccc2P(C2CCCCC2)C2CCCCC2)OCCO1. The van der Waals surface area contributed by atoms with Crippen molar-refractivity contribution < 1.29 is 9.47 Å². The molecule has 1 aliphatic heterocycles. The van der Waals surface area contributed by atoms with Crippen LogP contribution in [0, 0.1) is 0 Å². The monoisotopic (exact) mass is 360 g/mol. The first-order valence-electron chi connectivity index (χ1n) is 10.4. The van der Waals surface area contributed by atoms with Crippen LogP contribution >= 0.6 is 7.92 Å². The van der Waals surface area contributed by atoms with Crippen LogP contribution in [-0.4, -0.2) is 24.5 Å². The van der Waals surface area contributed by atoms with Crippen molar-refractivity contribution in [1.82, 2.24) is 0 Å². The summed E-state index contributed by atoms with van der Waals surface area (Å²) in [4.78, 5) is 0. The number of hydrogen-bond acceptors (Lipinski definition) is 2. The maximum absolute atomic E-state index is 6.08. The zero-order valence-corrected chi connectivity index (χ0v) is 16.6. The third kappa shape index (κ3) is 3.82. The fourth-order valence-corrected chi connectivity index (χ4v) is 9.20. The fraction of sp³-hybridized carbons (Fsp3) is 0.727. The normalized spacial score (nSPS) is 25.5. The molecule has 138 valence electrons. The van der Waals surface area contributed by atoms with Crippen LogP contribution in [0.2, 0.25) is 0 Å². The molecule has 3 fully saturated rings. The van der Waals surface area contributed by atoms with E-state index in [0.717, 1.165) is 24.5 Å². The second-order valence-corrected chi connectivity index (χ2v) is 10.9. The van der Waals surface area contributed by atoms with Crippen molar-refractivity contribution in [2.24, 2.45) is 0 Å². The first-order chi connectivity index (χ1) is 12.3. The van der Waals surface area contributed by atoms with Crippen LogP contribution in [0.25, 0.3) is 0 Å². The topological polar surface area (TPSA) is 18.5 Å². The molecule has 0 radical (unpaired) electrons. The van der Waals surface area contributed by atoms with Crippen LogP contribution < -0.4 is 5.30 Å². The van der Waals surface area contributed by atoms with Crippen LogP contribution in [0.5, 0.6) is 0 Å². The summed E-state index contributed by atoms with van der Waals surface area (Å²) in [7, 11) is -0.121. The number of benzene rings is 1. The van der Waals surface area contributed by atoms with Gasteiger partial charge in [-0.25, -0.2) is 0 Å². The molecule has 0 N–H and O–H groups in total. The summed E-state index contributed by atoms with van der Waals surface area (Å²) in [5.74, 6) is -0.527. The molecule has 1 aromatic rings. The Bertz CT molecular complexity index is 537. The van der Waals surface area contributed by atoms with Gasteiger partial charge < -0.3 is 9.47 Å². The Kier molecular flexibility index (Phi) is 5.80. The van der Waals surface area contributed by atoms with Gasteiger partial charge in [-0.05, 0) is 49.2 Å². The summed E-state index contributed by atoms with van der Waals surface area (Å²) in [5, 5.41) is 1.60. The van der Waals surface area contributed by atoms with E-state index in [-0.39, 0.29) is 7.92 Å². The molecule has 3 heteroatoms. The van der Waals surface area contributed by atoms with E-state index in [0.29, 0.717) is 0 Å². The van der Waals surface area contributed by atoms with Gasteiger partial charge in [0, 0.05) is 5.56 Å². The average Bonchev–Trinajstić information content (AvgIpc) is 3.12. The molecule has 2 saturated carbocycles. The lowest BCUT2D eigenvalue weighted by Crippen LogP contribution is -2.34. The van der Waals surface area contributed by atoms with E-state index in [1.54, 1.807) is 5.30 Å². The Hall–Kier alpha value is -0.430. The molecule has 2 aliphatic carbocycles. The van der Waals surface area contributed by atoms with Crippen LogP contribution in [0.4, 0.5) is 0 Å². The lowest BCUT2D eigenvalue weighted by molar-refractivity contribution is -0.149. The van der Waals surface area contributed by atoms with Crippen molar-refractivity contribution in [3.05, 3.63) is 29.8 Å². The quantitative estimate of drug-likeness (QED) is 0.643. The van der Waals surface area contributed by atoms with Crippen LogP contribution in [0.3, 0.4) is 0 Å². The minimum Gasteiger partial charge on any atom is -0.344 e. The summed E-state index contributed by atoms with van der Waals surface area (Å²) < 4.78 is 12.2. The van der Waals surface area contributed by atoms with Gasteiger partial charge in [0.15, 0.2) is 5.79 Å². The molecule has 25 heavy (non-hydrogen) atoms. The highest BCUT2D eigenvalue weighted by atomic mass is 31.1. The summed E-state index contributed by atoms with van der Waals surface area (Å²) in [6, 6.07) is 9.12. The molecule has 0 bridgehead atoms. The van der Waals surface area contributed by atoms with Crippen LogP contribution in [0.15, 0.2) is 24.3 Å². The zero-order valence-electron chi connectivity index (χ0n) is 15.7. The summed E-state index contributed by atoms with van der Waals surface area (Å²) in [6.07, 6.45) is 14.4. The molecule has 1 saturated heterocycles. The summed E-state index contributed by atoms with van der Waals surface area (Å²) in [6.45, 7) is 3.57. The van der Waals surface area contributed by atoms with Gasteiger partial charge >= 0.3 is 0 Å². The Labute approximate surface area is 154 Å². The van der Waals surface area contributed by atoms with E-state index < -0.39 is 5.79 Å². The van der Waals surface area contributed by atoms with Crippen LogP contribution in [0.1, 0.15) is 76.7 Å². The third-order valence-electron chi connectivity index (χ3n) is 6.45. The Balaban J connectivity index is 1.71. The van der Waals surface area contributed by atoms with E-state index >= 15 is 0 Å². The second kappa shape index (κ2) is 8.07. The van der Waals surface area contributed by atoms with Gasteiger partial charge in [-0.15, -0.1) is 0 Å². The van der Waals surface area contributed by atoms with E-state index in [2.05, 4.69) is 31.2 Å². The molecule has 1 heterocycles. The highest BCUT2D eigenvalue weighted by Crippen LogP contribution is 2.56. The van der Waals surface area contributed by atoms with Gasteiger partial charge in [0.25, 0.3) is 0 Å². The van der Waals surface area contributed by atoms with Crippen molar-refractivity contribution in [3.8, 4) is 0 Å². The molecule has 0 aromatic heterocycles. The smallest absolute Gasteiger partial charge is 0.192 e. The van der Waals surface area contributed by atoms with Gasteiger partial charge in [0.2, 0.25) is 0 Å². The van der Waals surface area contributed by atoms with Crippen molar-refractivity contribution in [1.29, 1.82) is 0 Å². The standard InChI is InChI=1S/C22H33O2P/c1-22(23-16-17-24-22)20-14-8-9-15-21(20)25(18-10-4-2-5-11-18)19-12-6-3-7-13-19/h8-9,14-15,18-19H,2-7,10-13,16-17H2,1H3. The molecule has 1 aromatic carbocycles. The lowest BCUT2D eigenvalue weighted by Gasteiger charge is -2.41. The highest BCUT2D eigenvalue weighted by molar-refractivity contribution is 7.67. The molecular weight excluding hydrogens is 327 g/mol. The summed E-state index contributed by atoms with van der Waals surface area (Å²) >= 11 is 0. The first-order valence-corrected chi connectivity index (χ1v) is 11.9. The third-order valence-corrected chi connectivity index (χ3v) is 10.00. The van der Waals surface area contributed by atoms with Crippen molar-refractivity contribution in [3.63, 3.8) is 0 Å². The minimum absolute atomic E-state index is 0.121. The number of rotatable bonds is 4. The van der Waals surface area contributed by atoms with Gasteiger partial charge in [-0.3, -0.25) is 0 Å². The molecule has 0 amide bonds. The maximum atomic E-state index is 6.08. The van der Waals surface area contributed by atoms with E-state index in [9.17, 15) is 0 Å². The first kappa shape index (κ1) is 18.0. The van der Waals surface area contributed by atoms with Gasteiger partial charge in [0.05, 0.1) is 13.2 Å². The fourth-order valence-electron chi connectivity index (χ4n) is 5.16. The summed E-state index contributed by atoms with van der Waals surface area (Å²) in [5.41, 5.74) is 3.16. The zero-order chi connectivity index (χ0) is 17.1. The van der Waals surface area contributed by atoms with Gasteiger partial charge in [-0.2, -0.15) is 0 Å². The highest BCUT2D eigenvalue weighted by Gasteiger charge is 2.40. The van der Waals surface area contributed by atoms with E-state index in [4.69, 9.17) is 9.47 Å². The van der Waals surface area contributed by atoms with Gasteiger partial charge in [-0.1, -0.05) is 70.7 Å². The molecule has 2 nitrogen and oxygen atoms in total. The van der Waals surface area contributed by atoms with E-state index in [1.165, 1.54) is 69.8 Å². The predicted molar refractivity (Wildman–Crippen MR) is 106 cm³/mol. The molecule has 4 rings (SSSR count). The molecule has 3 aliphatic rings. The molecule has 0 unspecified atom stereocenters. The lowest BCUT2D eigenvalue weighted by atomic mass is 9.99. The number of hydrogen-bond donors (Lipinski definition) is 0. The molecular formula is C22H33O2P. The predicted octanol–water partition coefficient (Wildman–Crippen LogP) is 5.68. The Morgan fingerprint density at radius 1 is 0.800 bits per heavy atom. The molecule has 0 atom stereocenters. The largest absolute Gasteiger partial charge is 0.344 e. The van der Waals surface area contributed by atoms with Gasteiger partial charge in [0.1, 0.15) is 0 Å². The van der Waals surface area contributed by atoms with Crippen molar-refractivity contribution >= 4 is 13.2 Å². The minimum atomic E-state index is -0.527. The number of ether oxygens (including phenoxy) is 2.